The molecular weight excluding hydrogens is 464 g/mol. The Morgan fingerprint density at radius 3 is 2.45 bits per heavy atom. The van der Waals surface area contributed by atoms with Gasteiger partial charge >= 0.3 is 0 Å². The minimum Gasteiger partial charge on any atom is -0.493 e. The Bertz CT molecular complexity index is 1280. The Morgan fingerprint density at radius 2 is 1.85 bits per heavy atom. The van der Waals surface area contributed by atoms with Crippen LogP contribution in [0.3, 0.4) is 0 Å². The summed E-state index contributed by atoms with van der Waals surface area (Å²) in [6.07, 6.45) is 2.86. The van der Waals surface area contributed by atoms with E-state index in [-0.39, 0.29) is 17.5 Å². The molecule has 1 amide bonds. The molecule has 2 aromatic heterocycles. The van der Waals surface area contributed by atoms with E-state index in [1.54, 1.807) is 29.0 Å². The normalized spacial score (nSPS) is 14.8. The third kappa shape index (κ3) is 4.45. The Morgan fingerprint density at radius 1 is 1.12 bits per heavy atom. The van der Waals surface area contributed by atoms with Gasteiger partial charge in [-0.1, -0.05) is 17.8 Å². The van der Waals surface area contributed by atoms with E-state index in [2.05, 4.69) is 4.98 Å². The molecule has 0 spiro atoms. The molecule has 1 fully saturated rings. The van der Waals surface area contributed by atoms with Crippen molar-refractivity contribution in [2.75, 3.05) is 12.1 Å². The zero-order valence-corrected chi connectivity index (χ0v) is 19.5. The Hall–Kier alpha value is -3.70. The standard InChI is InChI=1S/C22H18N4O5S2/c1-13-4-5-14(2)24(13)25-21(27)19(33-22(25)32)11-15-6-8-17(18(10-15)30-3)31-20-9-7-16(12-23-20)26(28)29/h4-12H,1-3H3/b19-11+. The van der Waals surface area contributed by atoms with Crippen molar-refractivity contribution in [2.24, 2.45) is 0 Å². The molecular formula is C22H18N4O5S2. The number of carbonyl (C=O) groups is 1. The molecule has 11 heteroatoms. The van der Waals surface area contributed by atoms with Crippen LogP contribution >= 0.6 is 24.0 Å². The average Bonchev–Trinajstić information content (AvgIpc) is 3.26. The number of amides is 1. The Kier molecular flexibility index (Phi) is 6.16. The van der Waals surface area contributed by atoms with Gasteiger partial charge in [0.25, 0.3) is 11.6 Å². The van der Waals surface area contributed by atoms with E-state index < -0.39 is 4.92 Å². The highest BCUT2D eigenvalue weighted by Crippen LogP contribution is 2.36. The van der Waals surface area contributed by atoms with Gasteiger partial charge in [0.2, 0.25) is 5.88 Å². The number of carbonyl (C=O) groups excluding carboxylic acids is 1. The second kappa shape index (κ2) is 9.04. The monoisotopic (exact) mass is 482 g/mol. The van der Waals surface area contributed by atoms with Crippen LogP contribution in [0.1, 0.15) is 17.0 Å². The van der Waals surface area contributed by atoms with E-state index in [1.807, 2.05) is 26.0 Å². The Balaban J connectivity index is 1.58. The maximum absolute atomic E-state index is 13.1. The van der Waals surface area contributed by atoms with Crippen molar-refractivity contribution in [1.29, 1.82) is 0 Å². The third-order valence-electron chi connectivity index (χ3n) is 4.84. The van der Waals surface area contributed by atoms with E-state index in [0.717, 1.165) is 23.1 Å². The first kappa shape index (κ1) is 22.5. The number of aromatic nitrogens is 2. The van der Waals surface area contributed by atoms with Crippen LogP contribution < -0.4 is 14.5 Å². The highest BCUT2D eigenvalue weighted by atomic mass is 32.2. The summed E-state index contributed by atoms with van der Waals surface area (Å²) in [5, 5.41) is 12.3. The summed E-state index contributed by atoms with van der Waals surface area (Å²) in [4.78, 5) is 27.7. The lowest BCUT2D eigenvalue weighted by Gasteiger charge is -2.20. The van der Waals surface area contributed by atoms with Gasteiger partial charge in [0.05, 0.1) is 16.9 Å². The number of aryl methyl sites for hydroxylation is 2. The minimum absolute atomic E-state index is 0.132. The fourth-order valence-corrected chi connectivity index (χ4v) is 4.51. The molecule has 9 nitrogen and oxygen atoms in total. The number of pyridine rings is 1. The summed E-state index contributed by atoms with van der Waals surface area (Å²) < 4.78 is 13.4. The molecule has 1 aliphatic heterocycles. The number of thioether (sulfide) groups is 1. The van der Waals surface area contributed by atoms with Crippen molar-refractivity contribution < 1.29 is 19.2 Å². The number of nitrogens with zero attached hydrogens (tertiary/aromatic N) is 4. The summed E-state index contributed by atoms with van der Waals surface area (Å²) in [6, 6.07) is 11.7. The number of rotatable bonds is 6. The number of nitro groups is 1. The number of ether oxygens (including phenoxy) is 2. The van der Waals surface area contributed by atoms with Gasteiger partial charge in [-0.05, 0) is 62.0 Å². The summed E-state index contributed by atoms with van der Waals surface area (Å²) in [7, 11) is 1.49. The molecule has 1 saturated heterocycles. The van der Waals surface area contributed by atoms with Gasteiger partial charge in [-0.25, -0.2) is 4.98 Å². The fourth-order valence-electron chi connectivity index (χ4n) is 3.27. The van der Waals surface area contributed by atoms with Crippen LogP contribution in [0.4, 0.5) is 5.69 Å². The molecule has 0 N–H and O–H groups in total. The molecule has 3 heterocycles. The summed E-state index contributed by atoms with van der Waals surface area (Å²) >= 11 is 6.69. The van der Waals surface area contributed by atoms with Gasteiger partial charge in [-0.15, -0.1) is 0 Å². The third-order valence-corrected chi connectivity index (χ3v) is 6.12. The first-order valence-electron chi connectivity index (χ1n) is 9.68. The summed E-state index contributed by atoms with van der Waals surface area (Å²) in [5.74, 6) is 0.769. The average molecular weight is 483 g/mol. The predicted molar refractivity (Wildman–Crippen MR) is 129 cm³/mol. The second-order valence-corrected chi connectivity index (χ2v) is 8.72. The van der Waals surface area contributed by atoms with Gasteiger partial charge in [0.1, 0.15) is 6.20 Å². The minimum atomic E-state index is -0.534. The molecule has 0 unspecified atom stereocenters. The van der Waals surface area contributed by atoms with Crippen LogP contribution in [0.5, 0.6) is 17.4 Å². The lowest BCUT2D eigenvalue weighted by Crippen LogP contribution is -2.39. The van der Waals surface area contributed by atoms with E-state index in [4.69, 9.17) is 21.7 Å². The zero-order chi connectivity index (χ0) is 23.7. The van der Waals surface area contributed by atoms with Crippen LogP contribution in [0.15, 0.2) is 53.6 Å². The SMILES string of the molecule is COc1cc(/C=C2/SC(=S)N(n3c(C)ccc3C)C2=O)ccc1Oc1ccc([N+](=O)[O-])cn1. The Labute approximate surface area is 198 Å². The molecule has 3 aromatic rings. The highest BCUT2D eigenvalue weighted by Gasteiger charge is 2.34. The smallest absolute Gasteiger partial charge is 0.287 e. The van der Waals surface area contributed by atoms with Gasteiger partial charge in [-0.3, -0.25) is 19.6 Å². The first-order chi connectivity index (χ1) is 15.8. The van der Waals surface area contributed by atoms with Crippen LogP contribution in [-0.2, 0) is 4.79 Å². The van der Waals surface area contributed by atoms with Gasteiger partial charge in [0.15, 0.2) is 15.8 Å². The van der Waals surface area contributed by atoms with Crippen LogP contribution in [0.2, 0.25) is 0 Å². The molecule has 1 aliphatic rings. The predicted octanol–water partition coefficient (Wildman–Crippen LogP) is 4.75. The van der Waals surface area contributed by atoms with Crippen molar-refractivity contribution in [3.8, 4) is 17.4 Å². The zero-order valence-electron chi connectivity index (χ0n) is 17.8. The molecule has 0 atom stereocenters. The molecule has 0 radical (unpaired) electrons. The number of hydrogen-bond donors (Lipinski definition) is 0. The largest absolute Gasteiger partial charge is 0.493 e. The van der Waals surface area contributed by atoms with E-state index >= 15 is 0 Å². The maximum atomic E-state index is 13.1. The van der Waals surface area contributed by atoms with Crippen LogP contribution in [0, 0.1) is 24.0 Å². The second-order valence-electron chi connectivity index (χ2n) is 7.05. The first-order valence-corrected chi connectivity index (χ1v) is 10.9. The van der Waals surface area contributed by atoms with Crippen LogP contribution in [0.25, 0.3) is 6.08 Å². The van der Waals surface area contributed by atoms with Crippen molar-refractivity contribution in [2.45, 2.75) is 13.8 Å². The van der Waals surface area contributed by atoms with E-state index in [9.17, 15) is 14.9 Å². The van der Waals surface area contributed by atoms with Gasteiger partial charge in [0, 0.05) is 23.5 Å². The molecule has 168 valence electrons. The number of hydrogen-bond acceptors (Lipinski definition) is 8. The van der Waals surface area contributed by atoms with Crippen LogP contribution in [-0.4, -0.2) is 31.9 Å². The van der Waals surface area contributed by atoms with Crippen molar-refractivity contribution in [3.05, 3.63) is 80.6 Å². The molecule has 0 bridgehead atoms. The maximum Gasteiger partial charge on any atom is 0.287 e. The molecule has 1 aromatic carbocycles. The number of methoxy groups -OCH3 is 1. The quantitative estimate of drug-likeness (QED) is 0.215. The molecule has 4 rings (SSSR count). The summed E-state index contributed by atoms with van der Waals surface area (Å²) in [6.45, 7) is 3.83. The molecule has 0 saturated carbocycles. The fraction of sp³-hybridized carbons (Fsp3) is 0.136. The molecule has 0 aliphatic carbocycles. The number of thiocarbonyl (C=S) groups is 1. The number of benzene rings is 1. The van der Waals surface area contributed by atoms with Crippen molar-refractivity contribution >= 4 is 46.0 Å². The van der Waals surface area contributed by atoms with Crippen molar-refractivity contribution in [1.82, 2.24) is 9.66 Å². The van der Waals surface area contributed by atoms with E-state index in [1.165, 1.54) is 36.0 Å². The molecule has 33 heavy (non-hydrogen) atoms. The lowest BCUT2D eigenvalue weighted by atomic mass is 10.2. The lowest BCUT2D eigenvalue weighted by molar-refractivity contribution is -0.385. The van der Waals surface area contributed by atoms with Gasteiger partial charge < -0.3 is 9.47 Å². The van der Waals surface area contributed by atoms with Crippen molar-refractivity contribution in [3.63, 3.8) is 0 Å². The summed E-state index contributed by atoms with van der Waals surface area (Å²) in [5.41, 5.74) is 2.41. The topological polar surface area (TPSA) is 99.7 Å². The van der Waals surface area contributed by atoms with E-state index in [0.29, 0.717) is 20.7 Å². The van der Waals surface area contributed by atoms with Gasteiger partial charge in [-0.2, -0.15) is 5.01 Å². The highest BCUT2D eigenvalue weighted by molar-refractivity contribution is 8.27.